The maximum Gasteiger partial charge on any atom is 0.308 e. The molecule has 0 N–H and O–H groups in total. The number of benzene rings is 2. The number of carbonyl (C=O) groups is 3. The van der Waals surface area contributed by atoms with Crippen LogP contribution in [0.25, 0.3) is 0 Å². The van der Waals surface area contributed by atoms with Crippen molar-refractivity contribution in [3.05, 3.63) is 64.9 Å². The molecule has 2 aromatic rings. The molecule has 0 heterocycles. The fourth-order valence-corrected chi connectivity index (χ4v) is 7.26. The van der Waals surface area contributed by atoms with E-state index in [1.54, 1.807) is 17.8 Å². The smallest absolute Gasteiger partial charge is 0.308 e. The van der Waals surface area contributed by atoms with Crippen LogP contribution < -0.4 is 9.47 Å². The van der Waals surface area contributed by atoms with Crippen molar-refractivity contribution in [1.29, 1.82) is 0 Å². The van der Waals surface area contributed by atoms with E-state index >= 15 is 0 Å². The van der Waals surface area contributed by atoms with Crippen molar-refractivity contribution < 1.29 is 28.6 Å². The highest BCUT2D eigenvalue weighted by Crippen LogP contribution is 2.60. The van der Waals surface area contributed by atoms with E-state index in [1.807, 2.05) is 45.3 Å². The number of hydrogen-bond acceptors (Lipinski definition) is 8. The van der Waals surface area contributed by atoms with Crippen molar-refractivity contribution in [1.82, 2.24) is 4.90 Å². The van der Waals surface area contributed by atoms with E-state index in [0.717, 1.165) is 21.6 Å². The molecule has 8 heteroatoms. The molecule has 4 atom stereocenters. The third kappa shape index (κ3) is 4.92. The molecule has 0 saturated carbocycles. The van der Waals surface area contributed by atoms with Crippen LogP contribution in [0.4, 0.5) is 0 Å². The summed E-state index contributed by atoms with van der Waals surface area (Å²) in [6.07, 6.45) is 2.08. The number of methoxy groups -OCH3 is 1. The number of carbonyl (C=O) groups excluding carboxylic acids is 3. The van der Waals surface area contributed by atoms with Crippen molar-refractivity contribution in [3.63, 3.8) is 0 Å². The summed E-state index contributed by atoms with van der Waals surface area (Å²) in [5, 5.41) is -0.0904. The van der Waals surface area contributed by atoms with Crippen LogP contribution in [0.5, 0.6) is 11.5 Å². The summed E-state index contributed by atoms with van der Waals surface area (Å²) < 4.78 is 16.7. The molecule has 0 spiro atoms. The second-order valence-corrected chi connectivity index (χ2v) is 11.3. The topological polar surface area (TPSA) is 82.1 Å². The van der Waals surface area contributed by atoms with Crippen LogP contribution in [0.3, 0.4) is 0 Å². The molecule has 37 heavy (non-hydrogen) atoms. The molecule has 196 valence electrons. The Hall–Kier alpha value is -3.10. The largest absolute Gasteiger partial charge is 0.493 e. The van der Waals surface area contributed by atoms with Crippen LogP contribution in [0.1, 0.15) is 49.1 Å². The monoisotopic (exact) mass is 523 g/mol. The van der Waals surface area contributed by atoms with Crippen LogP contribution >= 0.6 is 11.8 Å². The van der Waals surface area contributed by atoms with Gasteiger partial charge >= 0.3 is 11.9 Å². The van der Waals surface area contributed by atoms with E-state index in [0.29, 0.717) is 5.76 Å². The van der Waals surface area contributed by atoms with Crippen molar-refractivity contribution in [2.75, 3.05) is 21.2 Å². The van der Waals surface area contributed by atoms with Crippen LogP contribution in [0.15, 0.2) is 53.1 Å². The fourth-order valence-electron chi connectivity index (χ4n) is 5.70. The van der Waals surface area contributed by atoms with Crippen LogP contribution in [0, 0.1) is 12.8 Å². The molecule has 0 radical (unpaired) electrons. The third-order valence-electron chi connectivity index (χ3n) is 7.24. The molecule has 0 bridgehead atoms. The minimum atomic E-state index is -0.743. The summed E-state index contributed by atoms with van der Waals surface area (Å²) in [6.45, 7) is 6.72. The van der Waals surface area contributed by atoms with Gasteiger partial charge in [0.1, 0.15) is 0 Å². The summed E-state index contributed by atoms with van der Waals surface area (Å²) in [6, 6.07) is 11.8. The second-order valence-electron chi connectivity index (χ2n) is 10.1. The number of esters is 2. The van der Waals surface area contributed by atoms with Crippen molar-refractivity contribution in [3.8, 4) is 11.5 Å². The highest BCUT2D eigenvalue weighted by molar-refractivity contribution is 7.99. The standard InChI is InChI=1S/C29H33NO6S/c1-16-10-8-9-11-24(16)37-28-19-12-13-22(35-17(2)31)27(36-18(3)32)25(19)29(4)15-21(33)23(34-7)14-20(29)26(28)30(5)6/h8-14,20,26,28H,15H2,1-7H3/t20-,26-,28-,29-/m1/s1. The highest BCUT2D eigenvalue weighted by atomic mass is 32.2. The van der Waals surface area contributed by atoms with Crippen LogP contribution in [0.2, 0.25) is 0 Å². The fraction of sp³-hybridized carbons (Fsp3) is 0.414. The number of hydrogen-bond donors (Lipinski definition) is 0. The Morgan fingerprint density at radius 3 is 2.32 bits per heavy atom. The predicted octanol–water partition coefficient (Wildman–Crippen LogP) is 5.00. The Morgan fingerprint density at radius 1 is 1.05 bits per heavy atom. The maximum atomic E-state index is 13.2. The lowest BCUT2D eigenvalue weighted by Crippen LogP contribution is -2.54. The molecular formula is C29H33NO6S. The summed E-state index contributed by atoms with van der Waals surface area (Å²) in [5.41, 5.74) is 2.08. The molecule has 0 unspecified atom stereocenters. The maximum absolute atomic E-state index is 13.2. The van der Waals surface area contributed by atoms with Crippen molar-refractivity contribution in [2.24, 2.45) is 5.92 Å². The van der Waals surface area contributed by atoms with Crippen LogP contribution in [-0.2, 0) is 24.5 Å². The van der Waals surface area contributed by atoms with Gasteiger partial charge in [-0.15, -0.1) is 11.8 Å². The minimum Gasteiger partial charge on any atom is -0.493 e. The molecule has 0 amide bonds. The Balaban J connectivity index is 2.05. The molecule has 7 nitrogen and oxygen atoms in total. The number of fused-ring (bicyclic) bond motifs is 3. The summed E-state index contributed by atoms with van der Waals surface area (Å²) in [4.78, 5) is 40.7. The first kappa shape index (κ1) is 26.9. The molecule has 0 aromatic heterocycles. The predicted molar refractivity (Wildman–Crippen MR) is 142 cm³/mol. The van der Waals surface area contributed by atoms with E-state index < -0.39 is 17.4 Å². The van der Waals surface area contributed by atoms with Gasteiger partial charge in [0.2, 0.25) is 0 Å². The third-order valence-corrected chi connectivity index (χ3v) is 8.74. The lowest BCUT2D eigenvalue weighted by molar-refractivity contribution is -0.134. The zero-order chi connectivity index (χ0) is 27.1. The number of rotatable bonds is 6. The number of allylic oxidation sites excluding steroid dienone is 1. The average Bonchev–Trinajstić information content (AvgIpc) is 2.81. The summed E-state index contributed by atoms with van der Waals surface area (Å²) >= 11 is 1.74. The Labute approximate surface area is 222 Å². The molecule has 4 rings (SSSR count). The van der Waals surface area contributed by atoms with Gasteiger partial charge in [0.25, 0.3) is 0 Å². The van der Waals surface area contributed by atoms with Crippen molar-refractivity contribution >= 4 is 29.5 Å². The van der Waals surface area contributed by atoms with Crippen molar-refractivity contribution in [2.45, 2.75) is 55.7 Å². The van der Waals surface area contributed by atoms with Crippen LogP contribution in [-0.4, -0.2) is 49.9 Å². The van der Waals surface area contributed by atoms with Gasteiger partial charge in [-0.25, -0.2) is 0 Å². The number of aryl methyl sites for hydroxylation is 1. The number of ketones is 1. The van der Waals surface area contributed by atoms with Gasteiger partial charge in [-0.05, 0) is 50.4 Å². The number of nitrogens with zero attached hydrogens (tertiary/aromatic N) is 1. The normalized spacial score (nSPS) is 24.6. The molecule has 2 aromatic carbocycles. The van der Waals surface area contributed by atoms with E-state index in [2.05, 4.69) is 24.0 Å². The first-order valence-corrected chi connectivity index (χ1v) is 13.1. The molecule has 0 fully saturated rings. The van der Waals surface area contributed by atoms with E-state index in [9.17, 15) is 14.4 Å². The summed E-state index contributed by atoms with van der Waals surface area (Å²) in [5.74, 6) is -0.644. The number of likely N-dealkylation sites (N-methyl/N-ethyl adjacent to an activating group) is 1. The van der Waals surface area contributed by atoms with Gasteiger partial charge in [-0.2, -0.15) is 0 Å². The SMILES string of the molecule is COC1=C[C@@H]2[C@@H](N(C)C)[C@H](Sc3ccccc3C)c3ccc(OC(C)=O)c(OC(C)=O)c3[C@]2(C)CC1=O. The Kier molecular flexibility index (Phi) is 7.53. The van der Waals surface area contributed by atoms with Gasteiger partial charge in [0.05, 0.1) is 12.4 Å². The van der Waals surface area contributed by atoms with E-state index in [4.69, 9.17) is 14.2 Å². The Morgan fingerprint density at radius 2 is 1.73 bits per heavy atom. The van der Waals surface area contributed by atoms with Gasteiger partial charge in [-0.3, -0.25) is 14.4 Å². The second kappa shape index (κ2) is 10.3. The molecule has 0 saturated heterocycles. The van der Waals surface area contributed by atoms with E-state index in [-0.39, 0.29) is 40.9 Å². The van der Waals surface area contributed by atoms with E-state index in [1.165, 1.54) is 21.0 Å². The number of thioether (sulfide) groups is 1. The quantitative estimate of drug-likeness (QED) is 0.387. The molecule has 2 aliphatic rings. The average molecular weight is 524 g/mol. The lowest BCUT2D eigenvalue weighted by atomic mass is 9.57. The zero-order valence-corrected chi connectivity index (χ0v) is 23.1. The zero-order valence-electron chi connectivity index (χ0n) is 22.3. The first-order valence-electron chi connectivity index (χ1n) is 12.2. The lowest BCUT2D eigenvalue weighted by Gasteiger charge is -2.53. The van der Waals surface area contributed by atoms with Gasteiger partial charge in [0, 0.05) is 48.1 Å². The molecular weight excluding hydrogens is 490 g/mol. The van der Waals surface area contributed by atoms with Gasteiger partial charge < -0.3 is 19.1 Å². The molecule has 2 aliphatic carbocycles. The first-order chi connectivity index (χ1) is 17.5. The summed E-state index contributed by atoms with van der Waals surface area (Å²) in [7, 11) is 5.59. The highest BCUT2D eigenvalue weighted by Gasteiger charge is 2.55. The Bertz CT molecular complexity index is 1290. The number of Topliss-reactive ketones (excluding diaryl/α,β-unsaturated/α-hetero) is 1. The van der Waals surface area contributed by atoms with Gasteiger partial charge in [-0.1, -0.05) is 31.2 Å². The number of ether oxygens (including phenoxy) is 3. The van der Waals surface area contributed by atoms with Gasteiger partial charge in [0.15, 0.2) is 23.0 Å². The minimum absolute atomic E-state index is 0.0230. The molecule has 0 aliphatic heterocycles.